The van der Waals surface area contributed by atoms with Gasteiger partial charge in [0.05, 0.1) is 6.04 Å². The lowest BCUT2D eigenvalue weighted by Gasteiger charge is -2.25. The number of nitrogens with one attached hydrogen (secondary N) is 2. The molecule has 6 nitrogen and oxygen atoms in total. The Morgan fingerprint density at radius 1 is 1.19 bits per heavy atom. The van der Waals surface area contributed by atoms with Gasteiger partial charge in [0.1, 0.15) is 17.9 Å². The Balaban J connectivity index is 2.02. The van der Waals surface area contributed by atoms with E-state index in [2.05, 4.69) is 10.6 Å². The minimum absolute atomic E-state index is 0.328. The van der Waals surface area contributed by atoms with Gasteiger partial charge in [-0.2, -0.15) is 0 Å². The first-order valence-corrected chi connectivity index (χ1v) is 9.02. The van der Waals surface area contributed by atoms with Crippen LogP contribution in [0.2, 0.25) is 0 Å². The van der Waals surface area contributed by atoms with Crippen LogP contribution in [-0.4, -0.2) is 34.8 Å². The lowest BCUT2D eigenvalue weighted by Crippen LogP contribution is -2.47. The van der Waals surface area contributed by atoms with Crippen LogP contribution in [0.4, 0.5) is 9.18 Å². The molecule has 1 aliphatic heterocycles. The lowest BCUT2D eigenvalue weighted by atomic mass is 9.88. The summed E-state index contributed by atoms with van der Waals surface area (Å²) in [5, 5.41) is 5.52. The number of benzene rings is 1. The van der Waals surface area contributed by atoms with Gasteiger partial charge in [-0.1, -0.05) is 38.8 Å². The van der Waals surface area contributed by atoms with E-state index >= 15 is 0 Å². The molecule has 1 heterocycles. The van der Waals surface area contributed by atoms with Crippen LogP contribution in [0, 0.1) is 5.82 Å². The minimum Gasteiger partial charge on any atom is -0.348 e. The largest absolute Gasteiger partial charge is 0.348 e. The van der Waals surface area contributed by atoms with E-state index in [1.54, 1.807) is 19.1 Å². The summed E-state index contributed by atoms with van der Waals surface area (Å²) in [4.78, 5) is 38.3. The van der Waals surface area contributed by atoms with Crippen LogP contribution < -0.4 is 10.6 Å². The smallest absolute Gasteiger partial charge is 0.325 e. The van der Waals surface area contributed by atoms with Crippen LogP contribution in [0.25, 0.3) is 0 Å². The molecule has 0 bridgehead atoms. The summed E-state index contributed by atoms with van der Waals surface area (Å²) in [7, 11) is 0. The number of carbonyl (C=O) groups excluding carboxylic acids is 3. The molecule has 0 spiro atoms. The predicted octanol–water partition coefficient (Wildman–Crippen LogP) is 2.89. The fourth-order valence-electron chi connectivity index (χ4n) is 3.40. The van der Waals surface area contributed by atoms with E-state index < -0.39 is 17.5 Å². The maximum Gasteiger partial charge on any atom is 0.325 e. The highest BCUT2D eigenvalue weighted by Crippen LogP contribution is 2.28. The Labute approximate surface area is 153 Å². The Bertz CT molecular complexity index is 669. The molecule has 1 fully saturated rings. The molecule has 26 heavy (non-hydrogen) atoms. The van der Waals surface area contributed by atoms with Crippen LogP contribution >= 0.6 is 0 Å². The second-order valence-corrected chi connectivity index (χ2v) is 6.74. The molecule has 4 amide bonds. The van der Waals surface area contributed by atoms with Gasteiger partial charge in [-0.25, -0.2) is 9.18 Å². The van der Waals surface area contributed by atoms with E-state index in [9.17, 15) is 18.8 Å². The molecule has 1 saturated heterocycles. The Morgan fingerprint density at radius 3 is 2.31 bits per heavy atom. The molecule has 1 aromatic rings. The number of carbonyl (C=O) groups is 3. The molecule has 0 unspecified atom stereocenters. The lowest BCUT2D eigenvalue weighted by molar-refractivity contribution is -0.135. The summed E-state index contributed by atoms with van der Waals surface area (Å²) in [6.45, 7) is 5.34. The van der Waals surface area contributed by atoms with Crippen molar-refractivity contribution in [1.29, 1.82) is 0 Å². The second-order valence-electron chi connectivity index (χ2n) is 6.74. The van der Waals surface area contributed by atoms with Gasteiger partial charge in [0, 0.05) is 0 Å². The zero-order chi connectivity index (χ0) is 19.3. The molecule has 0 aromatic heterocycles. The highest BCUT2D eigenvalue weighted by Gasteiger charge is 2.50. The van der Waals surface area contributed by atoms with Crippen LogP contribution in [-0.2, 0) is 9.59 Å². The van der Waals surface area contributed by atoms with Crippen LogP contribution in [0.15, 0.2) is 24.3 Å². The van der Waals surface area contributed by atoms with E-state index in [4.69, 9.17) is 0 Å². The summed E-state index contributed by atoms with van der Waals surface area (Å²) in [6, 6.07) is 4.92. The van der Waals surface area contributed by atoms with E-state index in [-0.39, 0.29) is 24.3 Å². The molecule has 0 saturated carbocycles. The Kier molecular flexibility index (Phi) is 6.34. The van der Waals surface area contributed by atoms with Crippen LogP contribution in [0.1, 0.15) is 58.1 Å². The predicted molar refractivity (Wildman–Crippen MR) is 95.7 cm³/mol. The monoisotopic (exact) mass is 363 g/mol. The van der Waals surface area contributed by atoms with Gasteiger partial charge in [-0.3, -0.25) is 14.5 Å². The molecular weight excluding hydrogens is 337 g/mol. The quantitative estimate of drug-likeness (QED) is 0.697. The van der Waals surface area contributed by atoms with Crippen molar-refractivity contribution in [2.45, 2.75) is 58.0 Å². The summed E-state index contributed by atoms with van der Waals surface area (Å²) < 4.78 is 13.0. The molecule has 2 N–H and O–H groups in total. The molecule has 1 atom stereocenters. The van der Waals surface area contributed by atoms with Gasteiger partial charge in [0.2, 0.25) is 5.91 Å². The van der Waals surface area contributed by atoms with Crippen molar-refractivity contribution < 1.29 is 18.8 Å². The molecule has 1 aromatic carbocycles. The number of hydrogen-bond donors (Lipinski definition) is 2. The molecule has 0 aliphatic carbocycles. The molecule has 7 heteroatoms. The number of halogens is 1. The first-order chi connectivity index (χ1) is 12.3. The van der Waals surface area contributed by atoms with Crippen LogP contribution in [0.5, 0.6) is 0 Å². The van der Waals surface area contributed by atoms with Gasteiger partial charge in [-0.15, -0.1) is 0 Å². The SMILES string of the molecule is CCCC1(CCC)NC(=O)N(CC(=O)N[C@@H](C)c2ccc(F)cc2)C1=O. The van der Waals surface area contributed by atoms with Crippen molar-refractivity contribution in [2.24, 2.45) is 0 Å². The third-order valence-electron chi connectivity index (χ3n) is 4.65. The van der Waals surface area contributed by atoms with Crippen molar-refractivity contribution >= 4 is 17.8 Å². The first kappa shape index (κ1) is 19.9. The van der Waals surface area contributed by atoms with Crippen molar-refractivity contribution in [3.05, 3.63) is 35.6 Å². The molecule has 2 rings (SSSR count). The first-order valence-electron chi connectivity index (χ1n) is 9.02. The number of hydrogen-bond acceptors (Lipinski definition) is 3. The third kappa shape index (κ3) is 4.20. The number of rotatable bonds is 8. The standard InChI is InChI=1S/C19H26FN3O3/c1-4-10-19(11-5-2)17(25)23(18(26)22-19)12-16(24)21-13(3)14-6-8-15(20)9-7-14/h6-9,13H,4-5,10-12H2,1-3H3,(H,21,24)(H,22,26)/t13-/m0/s1. The van der Waals surface area contributed by atoms with E-state index in [1.807, 2.05) is 13.8 Å². The highest BCUT2D eigenvalue weighted by atomic mass is 19.1. The fourth-order valence-corrected chi connectivity index (χ4v) is 3.40. The maximum absolute atomic E-state index is 13.0. The summed E-state index contributed by atoms with van der Waals surface area (Å²) in [5.74, 6) is -1.13. The summed E-state index contributed by atoms with van der Waals surface area (Å²) >= 11 is 0. The number of amides is 4. The normalized spacial score (nSPS) is 17.2. The zero-order valence-corrected chi connectivity index (χ0v) is 15.5. The summed E-state index contributed by atoms with van der Waals surface area (Å²) in [5.41, 5.74) is -0.160. The van der Waals surface area contributed by atoms with Crippen molar-refractivity contribution in [3.8, 4) is 0 Å². The molecule has 0 radical (unpaired) electrons. The third-order valence-corrected chi connectivity index (χ3v) is 4.65. The number of imide groups is 1. The van der Waals surface area contributed by atoms with E-state index in [0.29, 0.717) is 12.8 Å². The van der Waals surface area contributed by atoms with E-state index in [0.717, 1.165) is 23.3 Å². The highest BCUT2D eigenvalue weighted by molar-refractivity contribution is 6.09. The van der Waals surface area contributed by atoms with Gasteiger partial charge in [-0.05, 0) is 37.5 Å². The van der Waals surface area contributed by atoms with Crippen LogP contribution in [0.3, 0.4) is 0 Å². The number of nitrogens with zero attached hydrogens (tertiary/aromatic N) is 1. The van der Waals surface area contributed by atoms with Gasteiger partial charge < -0.3 is 10.6 Å². The summed E-state index contributed by atoms with van der Waals surface area (Å²) in [6.07, 6.45) is 2.62. The Hall–Kier alpha value is -2.44. The number of urea groups is 1. The van der Waals surface area contributed by atoms with Crippen molar-refractivity contribution in [2.75, 3.05) is 6.54 Å². The van der Waals surface area contributed by atoms with E-state index in [1.165, 1.54) is 12.1 Å². The Morgan fingerprint density at radius 2 is 1.77 bits per heavy atom. The van der Waals surface area contributed by atoms with Gasteiger partial charge in [0.15, 0.2) is 0 Å². The fraction of sp³-hybridized carbons (Fsp3) is 0.526. The average molecular weight is 363 g/mol. The van der Waals surface area contributed by atoms with Crippen molar-refractivity contribution in [3.63, 3.8) is 0 Å². The molecule has 142 valence electrons. The minimum atomic E-state index is -0.899. The molecular formula is C19H26FN3O3. The topological polar surface area (TPSA) is 78.5 Å². The molecule has 1 aliphatic rings. The maximum atomic E-state index is 13.0. The van der Waals surface area contributed by atoms with Gasteiger partial charge >= 0.3 is 6.03 Å². The van der Waals surface area contributed by atoms with Gasteiger partial charge in [0.25, 0.3) is 5.91 Å². The zero-order valence-electron chi connectivity index (χ0n) is 15.5. The average Bonchev–Trinajstić information content (AvgIpc) is 2.80. The van der Waals surface area contributed by atoms with Crippen molar-refractivity contribution in [1.82, 2.24) is 15.5 Å². The second kappa shape index (κ2) is 8.29.